The predicted octanol–water partition coefficient (Wildman–Crippen LogP) is 2.36. The molecule has 50 valence electrons. The largest absolute Gasteiger partial charge is 0.457 e. The Morgan fingerprint density at radius 1 is 1.30 bits per heavy atom. The zero-order valence-electron chi connectivity index (χ0n) is 5.58. The van der Waals surface area contributed by atoms with Crippen molar-refractivity contribution in [1.82, 2.24) is 0 Å². The Balaban J connectivity index is 2.67. The van der Waals surface area contributed by atoms with E-state index >= 15 is 0 Å². The number of para-hydroxylation sites is 1. The molecule has 0 N–H and O–H groups in total. The molecule has 1 aromatic rings. The third-order valence-corrected chi connectivity index (χ3v) is 1.02. The maximum absolute atomic E-state index is 5.06. The van der Waals surface area contributed by atoms with Crippen molar-refractivity contribution in [3.8, 4) is 5.75 Å². The molecule has 0 atom stereocenters. The zero-order valence-corrected chi connectivity index (χ0v) is 5.58. The fourth-order valence-corrected chi connectivity index (χ4v) is 0.609. The van der Waals surface area contributed by atoms with Crippen LogP contribution in [-0.2, 0) is 0 Å². The molecule has 0 aliphatic carbocycles. The van der Waals surface area contributed by atoms with Crippen LogP contribution < -0.4 is 4.74 Å². The first-order valence-corrected chi connectivity index (χ1v) is 2.99. The maximum atomic E-state index is 5.06. The van der Waals surface area contributed by atoms with Crippen LogP contribution in [0.4, 0.5) is 0 Å². The molecule has 0 aliphatic heterocycles. The molecule has 1 rings (SSSR count). The Morgan fingerprint density at radius 3 is 2.60 bits per heavy atom. The number of rotatable bonds is 2. The summed E-state index contributed by atoms with van der Waals surface area (Å²) in [5.41, 5.74) is 2.52. The fourth-order valence-electron chi connectivity index (χ4n) is 0.609. The topological polar surface area (TPSA) is 9.23 Å². The lowest BCUT2D eigenvalue weighted by Gasteiger charge is -1.94. The Morgan fingerprint density at radius 2 is 2.00 bits per heavy atom. The minimum absolute atomic E-state index is 0.804. The smallest absolute Gasteiger partial charge is 0.133 e. The summed E-state index contributed by atoms with van der Waals surface area (Å²) < 4.78 is 5.06. The molecule has 0 unspecified atom stereocenters. The number of hydrogen-bond acceptors (Lipinski definition) is 1. The molecule has 10 heavy (non-hydrogen) atoms. The molecule has 0 fully saturated rings. The van der Waals surface area contributed by atoms with Crippen molar-refractivity contribution in [3.63, 3.8) is 0 Å². The van der Waals surface area contributed by atoms with E-state index in [1.807, 2.05) is 30.3 Å². The molecule has 0 spiro atoms. The zero-order chi connectivity index (χ0) is 7.23. The average Bonchev–Trinajstić information content (AvgIpc) is 2.03. The molecule has 0 bridgehead atoms. The Hall–Kier alpha value is -1.46. The first kappa shape index (κ1) is 6.66. The lowest BCUT2D eigenvalue weighted by Crippen LogP contribution is -1.77. The minimum atomic E-state index is 0.804. The molecule has 0 aliphatic rings. The second kappa shape index (κ2) is 3.54. The van der Waals surface area contributed by atoms with E-state index in [1.165, 1.54) is 6.26 Å². The average molecular weight is 132 g/mol. The van der Waals surface area contributed by atoms with Gasteiger partial charge in [-0.3, -0.25) is 0 Å². The van der Waals surface area contributed by atoms with E-state index in [1.54, 1.807) is 0 Å². The van der Waals surface area contributed by atoms with Crippen LogP contribution in [0.3, 0.4) is 0 Å². The standard InChI is InChI=1S/C9H8O/c1-2-8-10-9-6-4-3-5-7-9/h3-8H,1H2. The van der Waals surface area contributed by atoms with Crippen molar-refractivity contribution < 1.29 is 4.74 Å². The second-order valence-electron chi connectivity index (χ2n) is 1.75. The van der Waals surface area contributed by atoms with Crippen LogP contribution in [-0.4, -0.2) is 0 Å². The number of ether oxygens (including phenoxy) is 1. The summed E-state index contributed by atoms with van der Waals surface area (Å²) >= 11 is 0. The summed E-state index contributed by atoms with van der Waals surface area (Å²) in [5.74, 6) is 0.804. The van der Waals surface area contributed by atoms with Crippen LogP contribution in [0, 0.1) is 0 Å². The van der Waals surface area contributed by atoms with Crippen LogP contribution in [0.15, 0.2) is 48.9 Å². The summed E-state index contributed by atoms with van der Waals surface area (Å²) in [6.07, 6.45) is 1.43. The van der Waals surface area contributed by atoms with Gasteiger partial charge >= 0.3 is 0 Å². The van der Waals surface area contributed by atoms with Gasteiger partial charge in [-0.15, -0.1) is 0 Å². The van der Waals surface area contributed by atoms with Crippen molar-refractivity contribution in [2.75, 3.05) is 0 Å². The van der Waals surface area contributed by atoms with E-state index < -0.39 is 0 Å². The van der Waals surface area contributed by atoms with Gasteiger partial charge in [-0.25, -0.2) is 0 Å². The second-order valence-corrected chi connectivity index (χ2v) is 1.75. The Bertz CT molecular complexity index is 232. The summed E-state index contributed by atoms with van der Waals surface area (Å²) in [7, 11) is 0. The van der Waals surface area contributed by atoms with E-state index in [9.17, 15) is 0 Å². The molecule has 1 nitrogen and oxygen atoms in total. The predicted molar refractivity (Wildman–Crippen MR) is 40.8 cm³/mol. The normalized spacial score (nSPS) is 8.00. The van der Waals surface area contributed by atoms with Gasteiger partial charge in [0.05, 0.1) is 0 Å². The first-order valence-electron chi connectivity index (χ1n) is 2.99. The lowest BCUT2D eigenvalue weighted by molar-refractivity contribution is 0.482. The Labute approximate surface area is 60.3 Å². The van der Waals surface area contributed by atoms with Crippen molar-refractivity contribution in [2.45, 2.75) is 0 Å². The Kier molecular flexibility index (Phi) is 2.36. The summed E-state index contributed by atoms with van der Waals surface area (Å²) in [6.45, 7) is 3.37. The van der Waals surface area contributed by atoms with E-state index in [0.717, 1.165) is 5.75 Å². The maximum Gasteiger partial charge on any atom is 0.133 e. The van der Waals surface area contributed by atoms with Gasteiger partial charge in [-0.1, -0.05) is 30.5 Å². The van der Waals surface area contributed by atoms with Crippen LogP contribution in [0.25, 0.3) is 0 Å². The van der Waals surface area contributed by atoms with E-state index in [2.05, 4.69) is 12.3 Å². The first-order chi connectivity index (χ1) is 4.93. The molecule has 1 aromatic carbocycles. The lowest BCUT2D eigenvalue weighted by atomic mass is 10.3. The molecular weight excluding hydrogens is 124 g/mol. The van der Waals surface area contributed by atoms with Gasteiger partial charge in [0.2, 0.25) is 0 Å². The summed E-state index contributed by atoms with van der Waals surface area (Å²) in [4.78, 5) is 0. The summed E-state index contributed by atoms with van der Waals surface area (Å²) in [5, 5.41) is 0. The van der Waals surface area contributed by atoms with Crippen molar-refractivity contribution in [3.05, 3.63) is 48.9 Å². The third-order valence-electron chi connectivity index (χ3n) is 1.02. The number of hydrogen-bond donors (Lipinski definition) is 0. The molecule has 0 aromatic heterocycles. The fraction of sp³-hybridized carbons (Fsp3) is 0. The van der Waals surface area contributed by atoms with Crippen LogP contribution in [0.2, 0.25) is 0 Å². The molecular formula is C9H8O. The van der Waals surface area contributed by atoms with Gasteiger partial charge in [0.15, 0.2) is 0 Å². The molecule has 0 amide bonds. The highest BCUT2D eigenvalue weighted by Gasteiger charge is 1.83. The molecule has 0 saturated carbocycles. The van der Waals surface area contributed by atoms with Gasteiger partial charge < -0.3 is 4.74 Å². The van der Waals surface area contributed by atoms with Gasteiger partial charge in [-0.2, -0.15) is 0 Å². The highest BCUT2D eigenvalue weighted by Crippen LogP contribution is 2.07. The SMILES string of the molecule is C=C=COc1ccccc1. The highest BCUT2D eigenvalue weighted by molar-refractivity contribution is 5.21. The minimum Gasteiger partial charge on any atom is -0.457 e. The quantitative estimate of drug-likeness (QED) is 0.443. The number of benzene rings is 1. The molecule has 0 heterocycles. The van der Waals surface area contributed by atoms with Crippen molar-refractivity contribution in [1.29, 1.82) is 0 Å². The van der Waals surface area contributed by atoms with Gasteiger partial charge in [-0.05, 0) is 12.1 Å². The third kappa shape index (κ3) is 1.81. The van der Waals surface area contributed by atoms with Crippen LogP contribution >= 0.6 is 0 Å². The molecule has 0 saturated heterocycles. The van der Waals surface area contributed by atoms with Gasteiger partial charge in [0.1, 0.15) is 12.0 Å². The van der Waals surface area contributed by atoms with E-state index in [-0.39, 0.29) is 0 Å². The van der Waals surface area contributed by atoms with Crippen LogP contribution in [0.5, 0.6) is 5.75 Å². The highest BCUT2D eigenvalue weighted by atomic mass is 16.5. The van der Waals surface area contributed by atoms with E-state index in [0.29, 0.717) is 0 Å². The molecule has 0 radical (unpaired) electrons. The van der Waals surface area contributed by atoms with Crippen LogP contribution in [0.1, 0.15) is 0 Å². The van der Waals surface area contributed by atoms with E-state index in [4.69, 9.17) is 4.74 Å². The monoisotopic (exact) mass is 132 g/mol. The van der Waals surface area contributed by atoms with Gasteiger partial charge in [0, 0.05) is 0 Å². The van der Waals surface area contributed by atoms with Crippen molar-refractivity contribution in [2.24, 2.45) is 0 Å². The molecule has 1 heteroatoms. The summed E-state index contributed by atoms with van der Waals surface area (Å²) in [6, 6.07) is 9.49. The van der Waals surface area contributed by atoms with Gasteiger partial charge in [0.25, 0.3) is 0 Å². The van der Waals surface area contributed by atoms with Crippen molar-refractivity contribution >= 4 is 0 Å².